The Bertz CT molecular complexity index is 734. The van der Waals surface area contributed by atoms with Crippen LogP contribution in [0.5, 0.6) is 5.75 Å². The molecule has 1 atom stereocenters. The number of hydrogen-bond donors (Lipinski definition) is 0. The standard InChI is InChI=1S/C14H13ClN6O/c1-10(7-21-9-18-19-20-21)22-14-4-11(2-3-13(14)15)12-5-16-8-17-6-12/h2-6,8-10H,7H2,1H3/t10-/m0/s1. The maximum absolute atomic E-state index is 6.21. The van der Waals surface area contributed by atoms with Crippen molar-refractivity contribution in [2.24, 2.45) is 0 Å². The average molecular weight is 317 g/mol. The van der Waals surface area contributed by atoms with E-state index in [-0.39, 0.29) is 6.10 Å². The van der Waals surface area contributed by atoms with Crippen LogP contribution >= 0.6 is 11.6 Å². The van der Waals surface area contributed by atoms with Gasteiger partial charge in [0, 0.05) is 18.0 Å². The van der Waals surface area contributed by atoms with E-state index in [1.54, 1.807) is 29.5 Å². The first-order valence-corrected chi connectivity index (χ1v) is 7.02. The van der Waals surface area contributed by atoms with Gasteiger partial charge in [0.05, 0.1) is 11.6 Å². The van der Waals surface area contributed by atoms with E-state index < -0.39 is 0 Å². The lowest BCUT2D eigenvalue weighted by Gasteiger charge is -2.16. The molecule has 3 rings (SSSR count). The first-order chi connectivity index (χ1) is 10.7. The second-order valence-electron chi connectivity index (χ2n) is 4.73. The number of halogens is 1. The van der Waals surface area contributed by atoms with Crippen molar-refractivity contribution in [2.45, 2.75) is 19.6 Å². The Labute approximate surface area is 131 Å². The summed E-state index contributed by atoms with van der Waals surface area (Å²) < 4.78 is 7.50. The third kappa shape index (κ3) is 3.37. The monoisotopic (exact) mass is 316 g/mol. The van der Waals surface area contributed by atoms with E-state index in [2.05, 4.69) is 25.5 Å². The van der Waals surface area contributed by atoms with E-state index >= 15 is 0 Å². The van der Waals surface area contributed by atoms with Gasteiger partial charge in [-0.25, -0.2) is 14.6 Å². The Kier molecular flexibility index (Phi) is 4.24. The summed E-state index contributed by atoms with van der Waals surface area (Å²) >= 11 is 6.21. The molecule has 7 nitrogen and oxygen atoms in total. The predicted octanol–water partition coefficient (Wildman–Crippen LogP) is 2.25. The van der Waals surface area contributed by atoms with Gasteiger partial charge in [0.2, 0.25) is 0 Å². The smallest absolute Gasteiger partial charge is 0.139 e. The van der Waals surface area contributed by atoms with E-state index in [1.165, 1.54) is 6.33 Å². The van der Waals surface area contributed by atoms with Gasteiger partial charge >= 0.3 is 0 Å². The Hall–Kier alpha value is -2.54. The highest BCUT2D eigenvalue weighted by Crippen LogP contribution is 2.30. The minimum atomic E-state index is -0.136. The molecular weight excluding hydrogens is 304 g/mol. The largest absolute Gasteiger partial charge is 0.487 e. The summed E-state index contributed by atoms with van der Waals surface area (Å²) in [6, 6.07) is 5.57. The number of hydrogen-bond acceptors (Lipinski definition) is 6. The zero-order valence-electron chi connectivity index (χ0n) is 11.8. The molecule has 0 aliphatic heterocycles. The molecule has 112 valence electrons. The third-order valence-electron chi connectivity index (χ3n) is 2.99. The Morgan fingerprint density at radius 1 is 1.23 bits per heavy atom. The van der Waals surface area contributed by atoms with Crippen molar-refractivity contribution in [3.8, 4) is 16.9 Å². The molecule has 0 saturated heterocycles. The van der Waals surface area contributed by atoms with Crippen molar-refractivity contribution in [3.63, 3.8) is 0 Å². The van der Waals surface area contributed by atoms with E-state index in [1.807, 2.05) is 19.1 Å². The number of nitrogens with zero attached hydrogens (tertiary/aromatic N) is 6. The minimum Gasteiger partial charge on any atom is -0.487 e. The summed E-state index contributed by atoms with van der Waals surface area (Å²) in [4.78, 5) is 8.03. The summed E-state index contributed by atoms with van der Waals surface area (Å²) in [6.45, 7) is 2.46. The molecular formula is C14H13ClN6O. The fourth-order valence-corrected chi connectivity index (χ4v) is 2.16. The van der Waals surface area contributed by atoms with E-state index in [4.69, 9.17) is 16.3 Å². The van der Waals surface area contributed by atoms with Crippen molar-refractivity contribution >= 4 is 11.6 Å². The Balaban J connectivity index is 1.78. The quantitative estimate of drug-likeness (QED) is 0.718. The molecule has 0 amide bonds. The lowest BCUT2D eigenvalue weighted by atomic mass is 10.1. The average Bonchev–Trinajstić information content (AvgIpc) is 3.03. The second kappa shape index (κ2) is 6.48. The molecule has 0 radical (unpaired) electrons. The molecule has 0 aliphatic rings. The number of rotatable bonds is 5. The first kappa shape index (κ1) is 14.4. The summed E-state index contributed by atoms with van der Waals surface area (Å²) in [7, 11) is 0. The number of ether oxygens (including phenoxy) is 1. The molecule has 0 saturated carbocycles. The van der Waals surface area contributed by atoms with Crippen molar-refractivity contribution in [1.82, 2.24) is 30.2 Å². The van der Waals surface area contributed by atoms with Crippen LogP contribution in [-0.2, 0) is 6.54 Å². The summed E-state index contributed by atoms with van der Waals surface area (Å²) in [5.74, 6) is 0.601. The zero-order chi connectivity index (χ0) is 15.4. The van der Waals surface area contributed by atoms with Crippen LogP contribution in [0.2, 0.25) is 5.02 Å². The van der Waals surface area contributed by atoms with Crippen LogP contribution in [0.4, 0.5) is 0 Å². The van der Waals surface area contributed by atoms with Gasteiger partial charge in [-0.2, -0.15) is 0 Å². The number of tetrazole rings is 1. The van der Waals surface area contributed by atoms with Gasteiger partial charge in [-0.05, 0) is 35.0 Å². The van der Waals surface area contributed by atoms with Gasteiger partial charge in [0.15, 0.2) is 0 Å². The normalized spacial score (nSPS) is 12.1. The molecule has 1 aromatic carbocycles. The topological polar surface area (TPSA) is 78.6 Å². The fourth-order valence-electron chi connectivity index (χ4n) is 2.00. The molecule has 2 aromatic heterocycles. The van der Waals surface area contributed by atoms with Gasteiger partial charge in [-0.15, -0.1) is 5.10 Å². The molecule has 22 heavy (non-hydrogen) atoms. The summed E-state index contributed by atoms with van der Waals surface area (Å²) in [5.41, 5.74) is 1.84. The lowest BCUT2D eigenvalue weighted by Crippen LogP contribution is -2.20. The molecule has 0 aliphatic carbocycles. The lowest BCUT2D eigenvalue weighted by molar-refractivity contribution is 0.193. The van der Waals surface area contributed by atoms with Crippen LogP contribution < -0.4 is 4.74 Å². The van der Waals surface area contributed by atoms with E-state index in [9.17, 15) is 0 Å². The molecule has 2 heterocycles. The highest BCUT2D eigenvalue weighted by atomic mass is 35.5. The van der Waals surface area contributed by atoms with Crippen LogP contribution in [0.1, 0.15) is 6.92 Å². The summed E-state index contributed by atoms with van der Waals surface area (Å²) in [5, 5.41) is 11.5. The van der Waals surface area contributed by atoms with Crippen LogP contribution in [0.15, 0.2) is 43.2 Å². The minimum absolute atomic E-state index is 0.136. The maximum Gasteiger partial charge on any atom is 0.139 e. The zero-order valence-corrected chi connectivity index (χ0v) is 12.6. The van der Waals surface area contributed by atoms with Crippen molar-refractivity contribution < 1.29 is 4.74 Å². The number of aromatic nitrogens is 6. The SMILES string of the molecule is C[C@@H](Cn1cnnn1)Oc1cc(-c2cncnc2)ccc1Cl. The van der Waals surface area contributed by atoms with Crippen LogP contribution in [0, 0.1) is 0 Å². The first-order valence-electron chi connectivity index (χ1n) is 6.65. The Morgan fingerprint density at radius 2 is 2.05 bits per heavy atom. The second-order valence-corrected chi connectivity index (χ2v) is 5.14. The molecule has 3 aromatic rings. The predicted molar refractivity (Wildman–Crippen MR) is 80.4 cm³/mol. The van der Waals surface area contributed by atoms with Gasteiger partial charge in [0.1, 0.15) is 24.5 Å². The van der Waals surface area contributed by atoms with Gasteiger partial charge in [-0.3, -0.25) is 0 Å². The van der Waals surface area contributed by atoms with E-state index in [0.717, 1.165) is 11.1 Å². The van der Waals surface area contributed by atoms with Crippen molar-refractivity contribution in [2.75, 3.05) is 0 Å². The molecule has 0 bridgehead atoms. The van der Waals surface area contributed by atoms with Crippen LogP contribution in [0.25, 0.3) is 11.1 Å². The van der Waals surface area contributed by atoms with Crippen LogP contribution in [-0.4, -0.2) is 36.3 Å². The molecule has 0 unspecified atom stereocenters. The van der Waals surface area contributed by atoms with Gasteiger partial charge in [-0.1, -0.05) is 17.7 Å². The van der Waals surface area contributed by atoms with Crippen molar-refractivity contribution in [1.29, 1.82) is 0 Å². The highest BCUT2D eigenvalue weighted by molar-refractivity contribution is 6.32. The third-order valence-corrected chi connectivity index (χ3v) is 3.30. The fraction of sp³-hybridized carbons (Fsp3) is 0.214. The summed E-state index contributed by atoms with van der Waals surface area (Å²) in [6.07, 6.45) is 6.38. The molecule has 0 spiro atoms. The van der Waals surface area contributed by atoms with Gasteiger partial charge < -0.3 is 4.74 Å². The van der Waals surface area contributed by atoms with Crippen LogP contribution in [0.3, 0.4) is 0 Å². The van der Waals surface area contributed by atoms with E-state index in [0.29, 0.717) is 17.3 Å². The van der Waals surface area contributed by atoms with Gasteiger partial charge in [0.25, 0.3) is 0 Å². The Morgan fingerprint density at radius 3 is 2.77 bits per heavy atom. The molecule has 0 fully saturated rings. The number of benzene rings is 1. The highest BCUT2D eigenvalue weighted by Gasteiger charge is 2.11. The molecule has 0 N–H and O–H groups in total. The van der Waals surface area contributed by atoms with Crippen molar-refractivity contribution in [3.05, 3.63) is 48.3 Å². The molecule has 8 heteroatoms. The maximum atomic E-state index is 6.21.